The highest BCUT2D eigenvalue weighted by Crippen LogP contribution is 2.22. The molecule has 1 aromatic carbocycles. The largest absolute Gasteiger partial charge is 0.497 e. The first kappa shape index (κ1) is 10.3. The Labute approximate surface area is 94.0 Å². The molecular formula is C12H13N3O. The van der Waals surface area contributed by atoms with Gasteiger partial charge in [0.15, 0.2) is 0 Å². The second-order valence-corrected chi connectivity index (χ2v) is 3.32. The van der Waals surface area contributed by atoms with E-state index in [4.69, 9.17) is 10.5 Å². The monoisotopic (exact) mass is 215 g/mol. The van der Waals surface area contributed by atoms with Crippen molar-refractivity contribution in [2.24, 2.45) is 0 Å². The molecule has 2 N–H and O–H groups in total. The van der Waals surface area contributed by atoms with E-state index >= 15 is 0 Å². The van der Waals surface area contributed by atoms with E-state index in [2.05, 4.69) is 11.7 Å². The summed E-state index contributed by atoms with van der Waals surface area (Å²) < 4.78 is 6.69. The Bertz CT molecular complexity index is 502. The van der Waals surface area contributed by atoms with Gasteiger partial charge >= 0.3 is 0 Å². The Kier molecular flexibility index (Phi) is 2.64. The summed E-state index contributed by atoms with van der Waals surface area (Å²) in [5.41, 5.74) is 7.60. The number of methoxy groups -OCH3 is 1. The fourth-order valence-electron chi connectivity index (χ4n) is 1.46. The van der Waals surface area contributed by atoms with E-state index in [1.54, 1.807) is 18.0 Å². The fourth-order valence-corrected chi connectivity index (χ4v) is 1.46. The average molecular weight is 215 g/mol. The van der Waals surface area contributed by atoms with E-state index in [0.29, 0.717) is 17.1 Å². The quantitative estimate of drug-likeness (QED) is 0.797. The van der Waals surface area contributed by atoms with Crippen LogP contribution in [0.1, 0.15) is 5.56 Å². The van der Waals surface area contributed by atoms with E-state index in [1.165, 1.54) is 0 Å². The van der Waals surface area contributed by atoms with Crippen molar-refractivity contribution in [3.05, 3.63) is 48.7 Å². The van der Waals surface area contributed by atoms with Crippen LogP contribution in [-0.2, 0) is 4.74 Å². The SMILES string of the molecule is C=C(OC)c1cnn(-c2ccccc2)c1N. The zero-order valence-electron chi connectivity index (χ0n) is 9.05. The van der Waals surface area contributed by atoms with Crippen LogP contribution in [0.2, 0.25) is 0 Å². The van der Waals surface area contributed by atoms with Crippen LogP contribution in [0.4, 0.5) is 5.82 Å². The van der Waals surface area contributed by atoms with E-state index in [1.807, 2.05) is 30.3 Å². The number of para-hydroxylation sites is 1. The van der Waals surface area contributed by atoms with Crippen molar-refractivity contribution in [1.82, 2.24) is 9.78 Å². The zero-order chi connectivity index (χ0) is 11.5. The van der Waals surface area contributed by atoms with Crippen LogP contribution in [0.25, 0.3) is 11.4 Å². The van der Waals surface area contributed by atoms with Crippen LogP contribution in [0.3, 0.4) is 0 Å². The predicted octanol–water partition coefficient (Wildman–Crippen LogP) is 2.07. The molecule has 4 nitrogen and oxygen atoms in total. The first-order valence-corrected chi connectivity index (χ1v) is 4.86. The first-order chi connectivity index (χ1) is 7.74. The molecule has 0 amide bonds. The molecule has 0 saturated heterocycles. The summed E-state index contributed by atoms with van der Waals surface area (Å²) in [6.45, 7) is 3.76. The van der Waals surface area contributed by atoms with Crippen LogP contribution in [-0.4, -0.2) is 16.9 Å². The maximum atomic E-state index is 5.97. The Morgan fingerprint density at radius 1 is 1.38 bits per heavy atom. The predicted molar refractivity (Wildman–Crippen MR) is 64.0 cm³/mol. The standard InChI is InChI=1S/C12H13N3O/c1-9(16-2)11-8-14-15(12(11)13)10-6-4-3-5-7-10/h3-8H,1,13H2,2H3. The molecule has 1 aromatic heterocycles. The van der Waals surface area contributed by atoms with E-state index in [0.717, 1.165) is 5.69 Å². The third-order valence-electron chi connectivity index (χ3n) is 2.35. The molecule has 0 aliphatic heterocycles. The van der Waals surface area contributed by atoms with E-state index in [9.17, 15) is 0 Å². The van der Waals surface area contributed by atoms with Crippen LogP contribution < -0.4 is 5.73 Å². The van der Waals surface area contributed by atoms with Gasteiger partial charge in [0.05, 0.1) is 24.6 Å². The molecule has 0 radical (unpaired) electrons. The first-order valence-electron chi connectivity index (χ1n) is 4.86. The van der Waals surface area contributed by atoms with Crippen molar-refractivity contribution in [3.63, 3.8) is 0 Å². The smallest absolute Gasteiger partial charge is 0.138 e. The average Bonchev–Trinajstić information content (AvgIpc) is 2.71. The van der Waals surface area contributed by atoms with Gasteiger partial charge in [-0.05, 0) is 12.1 Å². The van der Waals surface area contributed by atoms with Gasteiger partial charge in [-0.3, -0.25) is 0 Å². The second-order valence-electron chi connectivity index (χ2n) is 3.32. The lowest BCUT2D eigenvalue weighted by Crippen LogP contribution is -2.02. The maximum absolute atomic E-state index is 5.97. The highest BCUT2D eigenvalue weighted by molar-refractivity contribution is 5.68. The number of aromatic nitrogens is 2. The molecule has 0 bridgehead atoms. The minimum absolute atomic E-state index is 0.514. The summed E-state index contributed by atoms with van der Waals surface area (Å²) in [7, 11) is 1.56. The molecule has 0 fully saturated rings. The number of anilines is 1. The zero-order valence-corrected chi connectivity index (χ0v) is 9.05. The molecule has 82 valence electrons. The number of nitrogens with zero attached hydrogens (tertiary/aromatic N) is 2. The van der Waals surface area contributed by atoms with Crippen LogP contribution >= 0.6 is 0 Å². The lowest BCUT2D eigenvalue weighted by Gasteiger charge is -2.05. The summed E-state index contributed by atoms with van der Waals surface area (Å²) in [4.78, 5) is 0. The Hall–Kier alpha value is -2.23. The van der Waals surface area contributed by atoms with Crippen molar-refractivity contribution < 1.29 is 4.74 Å². The van der Waals surface area contributed by atoms with Gasteiger partial charge in [0.25, 0.3) is 0 Å². The molecule has 2 rings (SSSR count). The van der Waals surface area contributed by atoms with Crippen molar-refractivity contribution in [2.45, 2.75) is 0 Å². The van der Waals surface area contributed by atoms with Crippen molar-refractivity contribution >= 4 is 11.6 Å². The van der Waals surface area contributed by atoms with Gasteiger partial charge in [0.2, 0.25) is 0 Å². The summed E-state index contributed by atoms with van der Waals surface area (Å²) in [6, 6.07) is 9.67. The molecule has 16 heavy (non-hydrogen) atoms. The summed E-state index contributed by atoms with van der Waals surface area (Å²) in [6.07, 6.45) is 1.65. The summed E-state index contributed by atoms with van der Waals surface area (Å²) >= 11 is 0. The molecule has 2 aromatic rings. The number of hydrogen-bond acceptors (Lipinski definition) is 3. The van der Waals surface area contributed by atoms with Crippen LogP contribution in [0, 0.1) is 0 Å². The van der Waals surface area contributed by atoms with Gasteiger partial charge in [-0.1, -0.05) is 24.8 Å². The molecule has 0 aliphatic rings. The molecule has 1 heterocycles. The van der Waals surface area contributed by atoms with E-state index < -0.39 is 0 Å². The number of benzene rings is 1. The second kappa shape index (κ2) is 4.10. The number of nitrogens with two attached hydrogens (primary N) is 1. The molecule has 0 spiro atoms. The van der Waals surface area contributed by atoms with Gasteiger partial charge < -0.3 is 10.5 Å². The highest BCUT2D eigenvalue weighted by atomic mass is 16.5. The van der Waals surface area contributed by atoms with E-state index in [-0.39, 0.29) is 0 Å². The number of hydrogen-bond donors (Lipinski definition) is 1. The van der Waals surface area contributed by atoms with Gasteiger partial charge in [-0.15, -0.1) is 0 Å². The number of ether oxygens (including phenoxy) is 1. The van der Waals surface area contributed by atoms with Gasteiger partial charge in [0, 0.05) is 0 Å². The minimum atomic E-state index is 0.514. The Morgan fingerprint density at radius 3 is 2.69 bits per heavy atom. The van der Waals surface area contributed by atoms with Crippen molar-refractivity contribution in [1.29, 1.82) is 0 Å². The van der Waals surface area contributed by atoms with Crippen molar-refractivity contribution in [2.75, 3.05) is 12.8 Å². The third kappa shape index (κ3) is 1.65. The summed E-state index contributed by atoms with van der Waals surface area (Å²) in [5.74, 6) is 1.04. The number of nitrogen functional groups attached to an aromatic ring is 1. The topological polar surface area (TPSA) is 53.1 Å². The third-order valence-corrected chi connectivity index (χ3v) is 2.35. The van der Waals surface area contributed by atoms with Crippen LogP contribution in [0.5, 0.6) is 0 Å². The lowest BCUT2D eigenvalue weighted by molar-refractivity contribution is 0.371. The Morgan fingerprint density at radius 2 is 2.06 bits per heavy atom. The maximum Gasteiger partial charge on any atom is 0.138 e. The highest BCUT2D eigenvalue weighted by Gasteiger charge is 2.11. The van der Waals surface area contributed by atoms with Gasteiger partial charge in [-0.2, -0.15) is 5.10 Å². The van der Waals surface area contributed by atoms with Crippen LogP contribution in [0.15, 0.2) is 43.1 Å². The molecule has 0 unspecified atom stereocenters. The normalized spacial score (nSPS) is 10.1. The molecule has 4 heteroatoms. The van der Waals surface area contributed by atoms with Gasteiger partial charge in [-0.25, -0.2) is 4.68 Å². The molecular weight excluding hydrogens is 202 g/mol. The lowest BCUT2D eigenvalue weighted by atomic mass is 10.3. The van der Waals surface area contributed by atoms with Crippen molar-refractivity contribution in [3.8, 4) is 5.69 Å². The summed E-state index contributed by atoms with van der Waals surface area (Å²) in [5, 5.41) is 4.21. The molecule has 0 aliphatic carbocycles. The minimum Gasteiger partial charge on any atom is -0.497 e. The Balaban J connectivity index is 2.45. The molecule has 0 saturated carbocycles. The number of rotatable bonds is 3. The molecule has 0 atom stereocenters. The van der Waals surface area contributed by atoms with Gasteiger partial charge in [0.1, 0.15) is 11.6 Å². The fraction of sp³-hybridized carbons (Fsp3) is 0.0833.